The maximum Gasteiger partial charge on any atom is 0.335 e. The van der Waals surface area contributed by atoms with Gasteiger partial charge in [-0.15, -0.1) is 11.3 Å². The Labute approximate surface area is 224 Å². The van der Waals surface area contributed by atoms with Crippen molar-refractivity contribution in [3.8, 4) is 11.3 Å². The van der Waals surface area contributed by atoms with Crippen LogP contribution in [0.1, 0.15) is 59.7 Å². The molecule has 0 atom stereocenters. The summed E-state index contributed by atoms with van der Waals surface area (Å²) in [6.07, 6.45) is 2.36. The second-order valence-corrected chi connectivity index (χ2v) is 10.4. The average Bonchev–Trinajstić information content (AvgIpc) is 3.41. The van der Waals surface area contributed by atoms with Crippen molar-refractivity contribution in [3.05, 3.63) is 100 Å². The van der Waals surface area contributed by atoms with Crippen LogP contribution in [0.2, 0.25) is 0 Å². The number of nitrogens with zero attached hydrogens (tertiary/aromatic N) is 3. The predicted octanol–water partition coefficient (Wildman–Crippen LogP) is 7.68. The Morgan fingerprint density at radius 2 is 1.41 bits per heavy atom. The van der Waals surface area contributed by atoms with Gasteiger partial charge in [-0.2, -0.15) is 0 Å². The molecule has 0 radical (unpaired) electrons. The van der Waals surface area contributed by atoms with E-state index < -0.39 is 5.97 Å². The van der Waals surface area contributed by atoms with E-state index in [-0.39, 0.29) is 0 Å². The summed E-state index contributed by atoms with van der Waals surface area (Å²) in [5.41, 5.74) is 7.31. The standard InChI is InChI=1S/C31H35N3O2S/c1-5-24(6-2)25-11-7-22(8-12-25)19-33(3)28-17-15-26(16-18-28)29-21-37-31(32-29)34(4)20-23-9-13-27(14-10-23)30(35)36/h7-18,21,24H,5-6,19-20H2,1-4H3,(H,35,36). The number of carboxylic acids is 1. The van der Waals surface area contributed by atoms with Crippen molar-refractivity contribution in [2.24, 2.45) is 0 Å². The summed E-state index contributed by atoms with van der Waals surface area (Å²) in [5.74, 6) is -0.261. The Morgan fingerprint density at radius 1 is 0.838 bits per heavy atom. The number of rotatable bonds is 11. The molecular weight excluding hydrogens is 478 g/mol. The van der Waals surface area contributed by atoms with Gasteiger partial charge in [0, 0.05) is 43.8 Å². The van der Waals surface area contributed by atoms with Crippen LogP contribution in [0, 0.1) is 0 Å². The fraction of sp³-hybridized carbons (Fsp3) is 0.290. The summed E-state index contributed by atoms with van der Waals surface area (Å²) in [5, 5.41) is 12.1. The molecule has 192 valence electrons. The molecule has 0 unspecified atom stereocenters. The number of hydrogen-bond acceptors (Lipinski definition) is 5. The van der Waals surface area contributed by atoms with Crippen LogP contribution in [0.5, 0.6) is 0 Å². The van der Waals surface area contributed by atoms with E-state index in [1.54, 1.807) is 23.5 Å². The monoisotopic (exact) mass is 513 g/mol. The number of carboxylic acid groups (broad SMARTS) is 1. The highest BCUT2D eigenvalue weighted by Gasteiger charge is 2.12. The number of carbonyl (C=O) groups is 1. The first-order chi connectivity index (χ1) is 17.9. The molecule has 1 heterocycles. The highest BCUT2D eigenvalue weighted by molar-refractivity contribution is 7.14. The van der Waals surface area contributed by atoms with Crippen LogP contribution >= 0.6 is 11.3 Å². The lowest BCUT2D eigenvalue weighted by Crippen LogP contribution is -2.16. The molecule has 1 N–H and O–H groups in total. The smallest absolute Gasteiger partial charge is 0.335 e. The molecule has 0 saturated heterocycles. The van der Waals surface area contributed by atoms with E-state index in [1.165, 1.54) is 29.7 Å². The maximum absolute atomic E-state index is 11.1. The third kappa shape index (κ3) is 6.57. The Morgan fingerprint density at radius 3 is 1.97 bits per heavy atom. The van der Waals surface area contributed by atoms with Crippen LogP contribution in [-0.4, -0.2) is 30.2 Å². The number of thiazole rings is 1. The Bertz CT molecular complexity index is 1290. The Hall–Kier alpha value is -3.64. The van der Waals surface area contributed by atoms with Gasteiger partial charge in [0.2, 0.25) is 0 Å². The van der Waals surface area contributed by atoms with Crippen molar-refractivity contribution in [3.63, 3.8) is 0 Å². The minimum atomic E-state index is -0.909. The van der Waals surface area contributed by atoms with Crippen molar-refractivity contribution in [2.75, 3.05) is 23.9 Å². The van der Waals surface area contributed by atoms with Gasteiger partial charge < -0.3 is 14.9 Å². The highest BCUT2D eigenvalue weighted by atomic mass is 32.1. The fourth-order valence-corrected chi connectivity index (χ4v) is 5.37. The molecule has 3 aromatic carbocycles. The molecule has 4 aromatic rings. The number of anilines is 2. The minimum absolute atomic E-state index is 0.298. The van der Waals surface area contributed by atoms with E-state index in [0.29, 0.717) is 18.0 Å². The third-order valence-corrected chi connectivity index (χ3v) is 7.85. The summed E-state index contributed by atoms with van der Waals surface area (Å²) >= 11 is 1.61. The minimum Gasteiger partial charge on any atom is -0.478 e. The van der Waals surface area contributed by atoms with Gasteiger partial charge >= 0.3 is 5.97 Å². The van der Waals surface area contributed by atoms with E-state index in [1.807, 2.05) is 19.2 Å². The summed E-state index contributed by atoms with van der Waals surface area (Å²) in [4.78, 5) is 20.3. The van der Waals surface area contributed by atoms with E-state index >= 15 is 0 Å². The first kappa shape index (κ1) is 26.4. The van der Waals surface area contributed by atoms with E-state index in [4.69, 9.17) is 10.1 Å². The number of benzene rings is 3. The molecule has 4 rings (SSSR count). The van der Waals surface area contributed by atoms with Crippen molar-refractivity contribution in [1.29, 1.82) is 0 Å². The molecule has 37 heavy (non-hydrogen) atoms. The Balaban J connectivity index is 1.37. The normalized spacial score (nSPS) is 11.1. The molecule has 0 aliphatic heterocycles. The van der Waals surface area contributed by atoms with Crippen LogP contribution < -0.4 is 9.80 Å². The first-order valence-corrected chi connectivity index (χ1v) is 13.6. The number of aromatic nitrogens is 1. The topological polar surface area (TPSA) is 56.7 Å². The van der Waals surface area contributed by atoms with Crippen LogP contribution in [0.4, 0.5) is 10.8 Å². The molecule has 6 heteroatoms. The lowest BCUT2D eigenvalue weighted by molar-refractivity contribution is 0.0697. The summed E-state index contributed by atoms with van der Waals surface area (Å²) in [7, 11) is 4.13. The zero-order valence-corrected chi connectivity index (χ0v) is 22.8. The van der Waals surface area contributed by atoms with Gasteiger partial charge in [0.25, 0.3) is 0 Å². The molecule has 1 aromatic heterocycles. The van der Waals surface area contributed by atoms with Crippen molar-refractivity contribution in [1.82, 2.24) is 4.98 Å². The van der Waals surface area contributed by atoms with Crippen LogP contribution in [0.3, 0.4) is 0 Å². The highest BCUT2D eigenvalue weighted by Crippen LogP contribution is 2.29. The molecule has 0 fully saturated rings. The average molecular weight is 514 g/mol. The quantitative estimate of drug-likeness (QED) is 0.223. The molecule has 0 aliphatic carbocycles. The van der Waals surface area contributed by atoms with Gasteiger partial charge in [-0.3, -0.25) is 0 Å². The molecule has 0 bridgehead atoms. The van der Waals surface area contributed by atoms with Gasteiger partial charge in [-0.1, -0.05) is 62.4 Å². The van der Waals surface area contributed by atoms with Crippen molar-refractivity contribution < 1.29 is 9.90 Å². The van der Waals surface area contributed by atoms with Gasteiger partial charge in [-0.25, -0.2) is 9.78 Å². The third-order valence-electron chi connectivity index (χ3n) is 6.90. The molecule has 0 aliphatic rings. The van der Waals surface area contributed by atoms with Gasteiger partial charge in [0.1, 0.15) is 0 Å². The Kier molecular flexibility index (Phi) is 8.62. The molecule has 0 amide bonds. The van der Waals surface area contributed by atoms with Gasteiger partial charge in [-0.05, 0) is 59.7 Å². The summed E-state index contributed by atoms with van der Waals surface area (Å²) in [6.45, 7) is 6.04. The van der Waals surface area contributed by atoms with Crippen LogP contribution in [0.15, 0.2) is 78.2 Å². The maximum atomic E-state index is 11.1. The van der Waals surface area contributed by atoms with Crippen molar-refractivity contribution >= 4 is 28.1 Å². The SMILES string of the molecule is CCC(CC)c1ccc(CN(C)c2ccc(-c3csc(N(C)Cc4ccc(C(=O)O)cc4)n3)cc2)cc1. The lowest BCUT2D eigenvalue weighted by atomic mass is 9.93. The fourth-order valence-electron chi connectivity index (χ4n) is 4.57. The van der Waals surface area contributed by atoms with Crippen LogP contribution in [-0.2, 0) is 13.1 Å². The van der Waals surface area contributed by atoms with E-state index in [9.17, 15) is 4.79 Å². The summed E-state index contributed by atoms with van der Waals surface area (Å²) < 4.78 is 0. The zero-order chi connectivity index (χ0) is 26.4. The van der Waals surface area contributed by atoms with Gasteiger partial charge in [0.15, 0.2) is 5.13 Å². The number of aromatic carboxylic acids is 1. The molecule has 5 nitrogen and oxygen atoms in total. The van der Waals surface area contributed by atoms with Crippen LogP contribution in [0.25, 0.3) is 11.3 Å². The van der Waals surface area contributed by atoms with E-state index in [0.717, 1.165) is 28.5 Å². The first-order valence-electron chi connectivity index (χ1n) is 12.8. The molecular formula is C31H35N3O2S. The predicted molar refractivity (Wildman–Crippen MR) is 155 cm³/mol. The number of hydrogen-bond donors (Lipinski definition) is 1. The zero-order valence-electron chi connectivity index (χ0n) is 22.0. The molecule has 0 spiro atoms. The van der Waals surface area contributed by atoms with E-state index in [2.05, 4.69) is 84.6 Å². The summed E-state index contributed by atoms with van der Waals surface area (Å²) in [6, 6.07) is 24.6. The lowest BCUT2D eigenvalue weighted by Gasteiger charge is -2.20. The second kappa shape index (κ2) is 12.1. The molecule has 0 saturated carbocycles. The second-order valence-electron chi connectivity index (χ2n) is 9.53. The van der Waals surface area contributed by atoms with Crippen molar-refractivity contribution in [2.45, 2.75) is 45.7 Å². The van der Waals surface area contributed by atoms with Gasteiger partial charge in [0.05, 0.1) is 11.3 Å². The largest absolute Gasteiger partial charge is 0.478 e.